The van der Waals surface area contributed by atoms with E-state index in [0.717, 1.165) is 13.1 Å². The summed E-state index contributed by atoms with van der Waals surface area (Å²) in [6, 6.07) is 8.99. The molecule has 0 unspecified atom stereocenters. The first-order chi connectivity index (χ1) is 8.66. The number of hydrogen-bond donors (Lipinski definition) is 1. The Hall–Kier alpha value is -1.61. The van der Waals surface area contributed by atoms with Gasteiger partial charge in [0.2, 0.25) is 0 Å². The predicted octanol–water partition coefficient (Wildman–Crippen LogP) is 2.74. The van der Waals surface area contributed by atoms with Crippen molar-refractivity contribution in [2.45, 2.75) is 39.9 Å². The molecule has 0 fully saturated rings. The number of hydrogen-bond acceptors (Lipinski definition) is 2. The molecular formula is C15H21N3. The molecular weight excluding hydrogens is 222 g/mol. The molecule has 18 heavy (non-hydrogen) atoms. The van der Waals surface area contributed by atoms with Crippen molar-refractivity contribution in [3.05, 3.63) is 53.6 Å². The maximum Gasteiger partial charge on any atom is 0.0951 e. The Balaban J connectivity index is 2.10. The highest BCUT2D eigenvalue weighted by Crippen LogP contribution is 2.11. The average Bonchev–Trinajstić information content (AvgIpc) is 2.77. The van der Waals surface area contributed by atoms with Crippen LogP contribution in [0.3, 0.4) is 0 Å². The van der Waals surface area contributed by atoms with Gasteiger partial charge in [0.1, 0.15) is 0 Å². The summed E-state index contributed by atoms with van der Waals surface area (Å²) >= 11 is 0. The Morgan fingerprint density at radius 2 is 2.06 bits per heavy atom. The van der Waals surface area contributed by atoms with E-state index in [1.54, 1.807) is 0 Å². The molecule has 0 saturated carbocycles. The van der Waals surface area contributed by atoms with Crippen molar-refractivity contribution in [3.63, 3.8) is 0 Å². The number of benzene rings is 1. The minimum atomic E-state index is 0.492. The number of nitrogens with zero attached hydrogens (tertiary/aromatic N) is 2. The van der Waals surface area contributed by atoms with E-state index in [0.29, 0.717) is 6.04 Å². The molecule has 1 aromatic carbocycles. The van der Waals surface area contributed by atoms with Crippen molar-refractivity contribution in [1.82, 2.24) is 14.9 Å². The molecule has 0 aliphatic heterocycles. The standard InChI is InChI=1S/C15H21N3/c1-12(2)17-9-15-8-16-11-18(15)10-14-7-5-4-6-13(14)3/h4-8,11-12,17H,9-10H2,1-3H3. The van der Waals surface area contributed by atoms with E-state index >= 15 is 0 Å². The van der Waals surface area contributed by atoms with Crippen LogP contribution in [-0.4, -0.2) is 15.6 Å². The van der Waals surface area contributed by atoms with Gasteiger partial charge < -0.3 is 9.88 Å². The lowest BCUT2D eigenvalue weighted by atomic mass is 10.1. The number of rotatable bonds is 5. The summed E-state index contributed by atoms with van der Waals surface area (Å²) in [5.74, 6) is 0. The van der Waals surface area contributed by atoms with Crippen LogP contribution in [0.5, 0.6) is 0 Å². The molecule has 2 aromatic rings. The molecule has 0 saturated heterocycles. The van der Waals surface area contributed by atoms with E-state index in [1.165, 1.54) is 16.8 Å². The van der Waals surface area contributed by atoms with Gasteiger partial charge in [0, 0.05) is 25.3 Å². The van der Waals surface area contributed by atoms with Crippen molar-refractivity contribution in [2.75, 3.05) is 0 Å². The van der Waals surface area contributed by atoms with Crippen LogP contribution in [0.25, 0.3) is 0 Å². The van der Waals surface area contributed by atoms with Crippen LogP contribution in [0, 0.1) is 6.92 Å². The van der Waals surface area contributed by atoms with Crippen LogP contribution in [0.1, 0.15) is 30.7 Å². The van der Waals surface area contributed by atoms with Crippen LogP contribution >= 0.6 is 0 Å². The SMILES string of the molecule is Cc1ccccc1Cn1cncc1CNC(C)C. The summed E-state index contributed by atoms with van der Waals surface area (Å²) < 4.78 is 2.21. The van der Waals surface area contributed by atoms with Gasteiger partial charge in [0.05, 0.1) is 12.0 Å². The van der Waals surface area contributed by atoms with Crippen LogP contribution in [0.4, 0.5) is 0 Å². The molecule has 3 nitrogen and oxygen atoms in total. The summed E-state index contributed by atoms with van der Waals surface area (Å²) in [6.45, 7) is 8.22. The minimum absolute atomic E-state index is 0.492. The Kier molecular flexibility index (Phi) is 4.15. The van der Waals surface area contributed by atoms with Gasteiger partial charge in [-0.1, -0.05) is 38.1 Å². The van der Waals surface area contributed by atoms with Crippen molar-refractivity contribution < 1.29 is 0 Å². The van der Waals surface area contributed by atoms with Gasteiger partial charge in [-0.15, -0.1) is 0 Å². The Labute approximate surface area is 109 Å². The molecule has 96 valence electrons. The van der Waals surface area contributed by atoms with Gasteiger partial charge in [0.15, 0.2) is 0 Å². The van der Waals surface area contributed by atoms with Crippen LogP contribution < -0.4 is 5.32 Å². The second-order valence-electron chi connectivity index (χ2n) is 4.97. The summed E-state index contributed by atoms with van der Waals surface area (Å²) in [7, 11) is 0. The van der Waals surface area contributed by atoms with E-state index in [-0.39, 0.29) is 0 Å². The van der Waals surface area contributed by atoms with Crippen molar-refractivity contribution in [3.8, 4) is 0 Å². The molecule has 1 heterocycles. The average molecular weight is 243 g/mol. The molecule has 1 aromatic heterocycles. The fraction of sp³-hybridized carbons (Fsp3) is 0.400. The lowest BCUT2D eigenvalue weighted by molar-refractivity contribution is 0.564. The lowest BCUT2D eigenvalue weighted by Gasteiger charge is -2.12. The Morgan fingerprint density at radius 1 is 1.28 bits per heavy atom. The zero-order chi connectivity index (χ0) is 13.0. The van der Waals surface area contributed by atoms with E-state index < -0.39 is 0 Å². The molecule has 0 bridgehead atoms. The maximum absolute atomic E-state index is 4.25. The Bertz CT molecular complexity index is 500. The van der Waals surface area contributed by atoms with Crippen molar-refractivity contribution in [2.24, 2.45) is 0 Å². The molecule has 0 spiro atoms. The number of imidazole rings is 1. The molecule has 0 amide bonds. The quantitative estimate of drug-likeness (QED) is 0.875. The first kappa shape index (κ1) is 12.8. The molecule has 3 heteroatoms. The summed E-state index contributed by atoms with van der Waals surface area (Å²) in [5, 5.41) is 3.43. The van der Waals surface area contributed by atoms with Gasteiger partial charge in [-0.05, 0) is 18.1 Å². The van der Waals surface area contributed by atoms with Crippen LogP contribution in [0.2, 0.25) is 0 Å². The van der Waals surface area contributed by atoms with Crippen molar-refractivity contribution >= 4 is 0 Å². The highest BCUT2D eigenvalue weighted by molar-refractivity contribution is 5.26. The first-order valence-electron chi connectivity index (χ1n) is 6.43. The fourth-order valence-electron chi connectivity index (χ4n) is 1.92. The van der Waals surface area contributed by atoms with Gasteiger partial charge in [0.25, 0.3) is 0 Å². The van der Waals surface area contributed by atoms with Gasteiger partial charge in [-0.25, -0.2) is 4.98 Å². The van der Waals surface area contributed by atoms with Crippen LogP contribution in [0.15, 0.2) is 36.8 Å². The monoisotopic (exact) mass is 243 g/mol. The van der Waals surface area contributed by atoms with Crippen molar-refractivity contribution in [1.29, 1.82) is 0 Å². The largest absolute Gasteiger partial charge is 0.329 e. The van der Waals surface area contributed by atoms with E-state index in [4.69, 9.17) is 0 Å². The van der Waals surface area contributed by atoms with Crippen LogP contribution in [-0.2, 0) is 13.1 Å². The number of aryl methyl sites for hydroxylation is 1. The topological polar surface area (TPSA) is 29.9 Å². The third kappa shape index (κ3) is 3.20. The lowest BCUT2D eigenvalue weighted by Crippen LogP contribution is -2.23. The normalized spacial score (nSPS) is 11.1. The fourth-order valence-corrected chi connectivity index (χ4v) is 1.92. The van der Waals surface area contributed by atoms with Gasteiger partial charge in [-0.2, -0.15) is 0 Å². The van der Waals surface area contributed by atoms with E-state index in [2.05, 4.69) is 59.9 Å². The predicted molar refractivity (Wildman–Crippen MR) is 74.5 cm³/mol. The summed E-state index contributed by atoms with van der Waals surface area (Å²) in [4.78, 5) is 4.25. The Morgan fingerprint density at radius 3 is 2.78 bits per heavy atom. The first-order valence-corrected chi connectivity index (χ1v) is 6.43. The second kappa shape index (κ2) is 5.83. The molecule has 0 radical (unpaired) electrons. The zero-order valence-electron chi connectivity index (χ0n) is 11.4. The van der Waals surface area contributed by atoms with Gasteiger partial charge in [-0.3, -0.25) is 0 Å². The molecule has 0 aliphatic carbocycles. The molecule has 2 rings (SSSR count). The number of nitrogens with one attached hydrogen (secondary N) is 1. The molecule has 0 aliphatic rings. The highest BCUT2D eigenvalue weighted by Gasteiger charge is 2.04. The van der Waals surface area contributed by atoms with E-state index in [9.17, 15) is 0 Å². The molecule has 0 atom stereocenters. The third-order valence-corrected chi connectivity index (χ3v) is 3.09. The molecule has 1 N–H and O–H groups in total. The second-order valence-corrected chi connectivity index (χ2v) is 4.97. The summed E-state index contributed by atoms with van der Waals surface area (Å²) in [6.07, 6.45) is 3.84. The minimum Gasteiger partial charge on any atom is -0.329 e. The zero-order valence-corrected chi connectivity index (χ0v) is 11.4. The number of aromatic nitrogens is 2. The van der Waals surface area contributed by atoms with E-state index in [1.807, 2.05) is 12.5 Å². The highest BCUT2D eigenvalue weighted by atomic mass is 15.1. The smallest absolute Gasteiger partial charge is 0.0951 e. The third-order valence-electron chi connectivity index (χ3n) is 3.09. The van der Waals surface area contributed by atoms with Gasteiger partial charge >= 0.3 is 0 Å². The summed E-state index contributed by atoms with van der Waals surface area (Å²) in [5.41, 5.74) is 3.90. The maximum atomic E-state index is 4.25.